The van der Waals surface area contributed by atoms with Gasteiger partial charge in [0.2, 0.25) is 0 Å². The SMILES string of the molecule is COc1ccc(OC)c(C(N)CCc2cccs2)c1. The number of hydrogen-bond acceptors (Lipinski definition) is 4. The minimum Gasteiger partial charge on any atom is -0.497 e. The molecule has 0 amide bonds. The Labute approximate surface area is 118 Å². The highest BCUT2D eigenvalue weighted by atomic mass is 32.1. The minimum atomic E-state index is -0.0489. The van der Waals surface area contributed by atoms with Gasteiger partial charge in [-0.05, 0) is 42.5 Å². The first-order valence-corrected chi connectivity index (χ1v) is 7.12. The fraction of sp³-hybridized carbons (Fsp3) is 0.333. The largest absolute Gasteiger partial charge is 0.497 e. The molecule has 1 heterocycles. The smallest absolute Gasteiger partial charge is 0.123 e. The Morgan fingerprint density at radius 2 is 2.05 bits per heavy atom. The van der Waals surface area contributed by atoms with Gasteiger partial charge in [0.25, 0.3) is 0 Å². The molecule has 3 nitrogen and oxygen atoms in total. The summed E-state index contributed by atoms with van der Waals surface area (Å²) in [7, 11) is 3.32. The molecule has 1 aromatic carbocycles. The first kappa shape index (κ1) is 13.9. The molecule has 2 rings (SSSR count). The zero-order valence-electron chi connectivity index (χ0n) is 11.3. The molecule has 4 heteroatoms. The Balaban J connectivity index is 2.10. The van der Waals surface area contributed by atoms with E-state index >= 15 is 0 Å². The number of thiophene rings is 1. The van der Waals surface area contributed by atoms with Crippen LogP contribution in [0.3, 0.4) is 0 Å². The van der Waals surface area contributed by atoms with Gasteiger partial charge in [0.15, 0.2) is 0 Å². The van der Waals surface area contributed by atoms with Gasteiger partial charge in [0.1, 0.15) is 11.5 Å². The van der Waals surface area contributed by atoms with Crippen molar-refractivity contribution < 1.29 is 9.47 Å². The molecule has 0 fully saturated rings. The maximum Gasteiger partial charge on any atom is 0.123 e. The Morgan fingerprint density at radius 1 is 1.21 bits per heavy atom. The maximum atomic E-state index is 6.28. The van der Waals surface area contributed by atoms with E-state index in [4.69, 9.17) is 15.2 Å². The van der Waals surface area contributed by atoms with E-state index in [1.165, 1.54) is 4.88 Å². The first-order valence-electron chi connectivity index (χ1n) is 6.24. The van der Waals surface area contributed by atoms with Crippen LogP contribution in [0.15, 0.2) is 35.7 Å². The third-order valence-electron chi connectivity index (χ3n) is 3.12. The molecule has 1 unspecified atom stereocenters. The Bertz CT molecular complexity index is 511. The average Bonchev–Trinajstić information content (AvgIpc) is 2.97. The molecule has 2 N–H and O–H groups in total. The predicted molar refractivity (Wildman–Crippen MR) is 79.1 cm³/mol. The fourth-order valence-electron chi connectivity index (χ4n) is 2.04. The zero-order valence-corrected chi connectivity index (χ0v) is 12.1. The van der Waals surface area contributed by atoms with Crippen LogP contribution in [0.25, 0.3) is 0 Å². The monoisotopic (exact) mass is 277 g/mol. The predicted octanol–water partition coefficient (Wildman–Crippen LogP) is 3.40. The van der Waals surface area contributed by atoms with Crippen LogP contribution < -0.4 is 15.2 Å². The molecule has 0 saturated carbocycles. The number of rotatable bonds is 6. The lowest BCUT2D eigenvalue weighted by atomic mass is 10.0. The van der Waals surface area contributed by atoms with Gasteiger partial charge in [0.05, 0.1) is 14.2 Å². The summed E-state index contributed by atoms with van der Waals surface area (Å²) >= 11 is 1.77. The number of benzene rings is 1. The molecule has 0 spiro atoms. The van der Waals surface area contributed by atoms with E-state index < -0.39 is 0 Å². The Hall–Kier alpha value is -1.52. The lowest BCUT2D eigenvalue weighted by Crippen LogP contribution is -2.12. The quantitative estimate of drug-likeness (QED) is 0.880. The Morgan fingerprint density at radius 3 is 2.68 bits per heavy atom. The second-order valence-corrected chi connectivity index (χ2v) is 5.36. The number of ether oxygens (including phenoxy) is 2. The number of methoxy groups -OCH3 is 2. The summed E-state index contributed by atoms with van der Waals surface area (Å²) in [5.74, 6) is 1.63. The fourth-order valence-corrected chi connectivity index (χ4v) is 2.76. The van der Waals surface area contributed by atoms with Gasteiger partial charge in [-0.15, -0.1) is 11.3 Å². The first-order chi connectivity index (χ1) is 9.24. The third kappa shape index (κ3) is 3.49. The van der Waals surface area contributed by atoms with Gasteiger partial charge in [-0.25, -0.2) is 0 Å². The molecule has 102 valence electrons. The lowest BCUT2D eigenvalue weighted by molar-refractivity contribution is 0.394. The lowest BCUT2D eigenvalue weighted by Gasteiger charge is -2.16. The summed E-state index contributed by atoms with van der Waals surface area (Å²) in [5, 5.41) is 2.09. The summed E-state index contributed by atoms with van der Waals surface area (Å²) < 4.78 is 10.6. The molecule has 0 aliphatic rings. The molecular formula is C15H19NO2S. The van der Waals surface area contributed by atoms with Crippen molar-refractivity contribution in [2.45, 2.75) is 18.9 Å². The van der Waals surface area contributed by atoms with E-state index in [-0.39, 0.29) is 6.04 Å². The average molecular weight is 277 g/mol. The van der Waals surface area contributed by atoms with Crippen LogP contribution in [0, 0.1) is 0 Å². The van der Waals surface area contributed by atoms with Crippen molar-refractivity contribution in [3.8, 4) is 11.5 Å². The summed E-state index contributed by atoms with van der Waals surface area (Å²) in [6, 6.07) is 9.90. The van der Waals surface area contributed by atoms with Crippen molar-refractivity contribution in [2.75, 3.05) is 14.2 Å². The normalized spacial score (nSPS) is 12.2. The van der Waals surface area contributed by atoms with Crippen molar-refractivity contribution in [3.05, 3.63) is 46.2 Å². The van der Waals surface area contributed by atoms with Gasteiger partial charge >= 0.3 is 0 Å². The van der Waals surface area contributed by atoms with Crippen LogP contribution in [-0.4, -0.2) is 14.2 Å². The number of nitrogens with two attached hydrogens (primary N) is 1. The third-order valence-corrected chi connectivity index (χ3v) is 4.05. The standard InChI is InChI=1S/C15H19NO2S/c1-17-11-5-8-15(18-2)13(10-11)14(16)7-6-12-4-3-9-19-12/h3-5,8-10,14H,6-7,16H2,1-2H3. The van der Waals surface area contributed by atoms with Crippen LogP contribution in [0.4, 0.5) is 0 Å². The van der Waals surface area contributed by atoms with Crippen LogP contribution >= 0.6 is 11.3 Å². The van der Waals surface area contributed by atoms with E-state index in [0.29, 0.717) is 0 Å². The molecule has 1 atom stereocenters. The Kier molecular flexibility index (Phi) is 4.82. The van der Waals surface area contributed by atoms with E-state index in [2.05, 4.69) is 17.5 Å². The highest BCUT2D eigenvalue weighted by Crippen LogP contribution is 2.30. The van der Waals surface area contributed by atoms with Crippen molar-refractivity contribution in [3.63, 3.8) is 0 Å². The van der Waals surface area contributed by atoms with Gasteiger partial charge in [0, 0.05) is 16.5 Å². The maximum absolute atomic E-state index is 6.28. The molecule has 0 aliphatic heterocycles. The van der Waals surface area contributed by atoms with Crippen molar-refractivity contribution in [2.24, 2.45) is 5.73 Å². The topological polar surface area (TPSA) is 44.5 Å². The molecule has 0 saturated heterocycles. The van der Waals surface area contributed by atoms with Gasteiger partial charge in [-0.1, -0.05) is 6.07 Å². The minimum absolute atomic E-state index is 0.0489. The van der Waals surface area contributed by atoms with Crippen LogP contribution in [0.1, 0.15) is 22.9 Å². The van der Waals surface area contributed by atoms with E-state index in [1.54, 1.807) is 25.6 Å². The highest BCUT2D eigenvalue weighted by Gasteiger charge is 2.13. The summed E-state index contributed by atoms with van der Waals surface area (Å²) in [4.78, 5) is 1.36. The number of aryl methyl sites for hydroxylation is 1. The molecule has 1 aromatic heterocycles. The van der Waals surface area contributed by atoms with Crippen LogP contribution in [0.2, 0.25) is 0 Å². The van der Waals surface area contributed by atoms with Crippen molar-refractivity contribution >= 4 is 11.3 Å². The molecular weight excluding hydrogens is 258 g/mol. The molecule has 0 aliphatic carbocycles. The van der Waals surface area contributed by atoms with Crippen molar-refractivity contribution in [1.82, 2.24) is 0 Å². The highest BCUT2D eigenvalue weighted by molar-refractivity contribution is 7.09. The zero-order chi connectivity index (χ0) is 13.7. The van der Waals surface area contributed by atoms with Gasteiger partial charge < -0.3 is 15.2 Å². The molecule has 0 bridgehead atoms. The van der Waals surface area contributed by atoms with E-state index in [0.717, 1.165) is 29.9 Å². The summed E-state index contributed by atoms with van der Waals surface area (Å²) in [6.45, 7) is 0. The molecule has 2 aromatic rings. The number of hydrogen-bond donors (Lipinski definition) is 1. The summed E-state index contributed by atoms with van der Waals surface area (Å²) in [6.07, 6.45) is 1.88. The van der Waals surface area contributed by atoms with E-state index in [1.807, 2.05) is 18.2 Å². The summed E-state index contributed by atoms with van der Waals surface area (Å²) in [5.41, 5.74) is 7.28. The van der Waals surface area contributed by atoms with E-state index in [9.17, 15) is 0 Å². The van der Waals surface area contributed by atoms with Gasteiger partial charge in [-0.2, -0.15) is 0 Å². The van der Waals surface area contributed by atoms with Crippen molar-refractivity contribution in [1.29, 1.82) is 0 Å². The second kappa shape index (κ2) is 6.59. The van der Waals surface area contributed by atoms with Crippen LogP contribution in [-0.2, 0) is 6.42 Å². The van der Waals surface area contributed by atoms with Gasteiger partial charge in [-0.3, -0.25) is 0 Å². The van der Waals surface area contributed by atoms with Crippen LogP contribution in [0.5, 0.6) is 11.5 Å². The molecule has 19 heavy (non-hydrogen) atoms. The molecule has 0 radical (unpaired) electrons. The second-order valence-electron chi connectivity index (χ2n) is 4.33.